The van der Waals surface area contributed by atoms with Gasteiger partial charge in [-0.05, 0) is 60.2 Å². The van der Waals surface area contributed by atoms with Gasteiger partial charge in [-0.15, -0.1) is 0 Å². The Labute approximate surface area is 228 Å². The highest BCUT2D eigenvalue weighted by atomic mass is 32.2. The second kappa shape index (κ2) is 11.7. The first-order chi connectivity index (χ1) is 19.0. The quantitative estimate of drug-likeness (QED) is 0.221. The molecule has 0 aromatic heterocycles. The molecule has 0 unspecified atom stereocenters. The molecular formula is C32H26N2O4S. The number of carbonyl (C=O) groups excluding carboxylic acids is 1. The Morgan fingerprint density at radius 3 is 1.85 bits per heavy atom. The Morgan fingerprint density at radius 1 is 0.641 bits per heavy atom. The zero-order valence-electron chi connectivity index (χ0n) is 21.0. The van der Waals surface area contributed by atoms with Gasteiger partial charge in [-0.25, -0.2) is 8.42 Å². The Balaban J connectivity index is 1.43. The second-order valence-corrected chi connectivity index (χ2v) is 10.6. The Morgan fingerprint density at radius 2 is 1.18 bits per heavy atom. The third kappa shape index (κ3) is 6.17. The Bertz CT molecular complexity index is 1640. The fourth-order valence-electron chi connectivity index (χ4n) is 4.12. The first-order valence-corrected chi connectivity index (χ1v) is 13.8. The molecule has 0 atom stereocenters. The van der Waals surface area contributed by atoms with Crippen LogP contribution in [0, 0.1) is 0 Å². The van der Waals surface area contributed by atoms with E-state index < -0.39 is 22.5 Å². The van der Waals surface area contributed by atoms with Gasteiger partial charge in [-0.1, -0.05) is 84.9 Å². The summed E-state index contributed by atoms with van der Waals surface area (Å²) in [7, 11) is -4.04. The molecular weight excluding hydrogens is 508 g/mol. The Kier molecular flexibility index (Phi) is 7.70. The van der Waals surface area contributed by atoms with Gasteiger partial charge >= 0.3 is 0 Å². The number of nitrogens with one attached hydrogen (secondary N) is 1. The Hall–Kier alpha value is -4.88. The van der Waals surface area contributed by atoms with Gasteiger partial charge in [0.1, 0.15) is 18.0 Å². The van der Waals surface area contributed by atoms with Crippen molar-refractivity contribution in [3.8, 4) is 22.6 Å². The van der Waals surface area contributed by atoms with Crippen LogP contribution < -0.4 is 14.4 Å². The lowest BCUT2D eigenvalue weighted by Gasteiger charge is -2.24. The van der Waals surface area contributed by atoms with Crippen LogP contribution in [0.5, 0.6) is 11.5 Å². The number of sulfonamides is 1. The lowest BCUT2D eigenvalue weighted by atomic mass is 10.0. The number of carbonyl (C=O) groups is 1. The minimum Gasteiger partial charge on any atom is -0.457 e. The van der Waals surface area contributed by atoms with Crippen molar-refractivity contribution < 1.29 is 17.9 Å². The molecule has 0 bridgehead atoms. The van der Waals surface area contributed by atoms with Crippen LogP contribution in [0.3, 0.4) is 0 Å². The molecule has 39 heavy (non-hydrogen) atoms. The fourth-order valence-corrected chi connectivity index (χ4v) is 5.56. The number of hydrogen-bond acceptors (Lipinski definition) is 4. The van der Waals surface area contributed by atoms with E-state index in [1.807, 2.05) is 78.9 Å². The van der Waals surface area contributed by atoms with Gasteiger partial charge in [-0.2, -0.15) is 0 Å². The standard InChI is InChI=1S/C32H26N2O4S/c35-32(33-31-19-11-10-18-30(31)25-12-4-1-5-13-25)24-34(39(36,37)29-16-8-3-9-17-29)26-20-22-28(23-21-26)38-27-14-6-2-7-15-27/h1-23H,24H2,(H,33,35). The number of benzene rings is 5. The van der Waals surface area contributed by atoms with Crippen molar-refractivity contribution in [2.75, 3.05) is 16.2 Å². The van der Waals surface area contributed by atoms with Crippen molar-refractivity contribution >= 4 is 27.3 Å². The van der Waals surface area contributed by atoms with Crippen molar-refractivity contribution in [3.63, 3.8) is 0 Å². The molecule has 0 aliphatic carbocycles. The smallest absolute Gasteiger partial charge is 0.264 e. The average Bonchev–Trinajstić information content (AvgIpc) is 2.98. The number of hydrogen-bond donors (Lipinski definition) is 1. The number of ether oxygens (including phenoxy) is 1. The largest absolute Gasteiger partial charge is 0.457 e. The summed E-state index contributed by atoms with van der Waals surface area (Å²) in [5.74, 6) is 0.737. The maximum atomic E-state index is 13.7. The zero-order chi connectivity index (χ0) is 27.1. The molecule has 0 aliphatic heterocycles. The fraction of sp³-hybridized carbons (Fsp3) is 0.0312. The van der Waals surface area contributed by atoms with Gasteiger partial charge in [0.05, 0.1) is 10.6 Å². The lowest BCUT2D eigenvalue weighted by Crippen LogP contribution is -2.38. The molecule has 194 valence electrons. The molecule has 1 amide bonds. The lowest BCUT2D eigenvalue weighted by molar-refractivity contribution is -0.114. The number of anilines is 2. The summed E-state index contributed by atoms with van der Waals surface area (Å²) in [6, 6.07) is 41.1. The minimum atomic E-state index is -4.04. The summed E-state index contributed by atoms with van der Waals surface area (Å²) in [6.45, 7) is -0.417. The third-order valence-electron chi connectivity index (χ3n) is 6.01. The van der Waals surface area contributed by atoms with Gasteiger partial charge in [0.15, 0.2) is 0 Å². The van der Waals surface area contributed by atoms with E-state index in [9.17, 15) is 13.2 Å². The molecule has 5 aromatic rings. The van der Waals surface area contributed by atoms with E-state index >= 15 is 0 Å². The molecule has 0 aliphatic rings. The predicted molar refractivity (Wildman–Crippen MR) is 154 cm³/mol. The molecule has 7 heteroatoms. The van der Waals surface area contributed by atoms with Gasteiger partial charge in [0, 0.05) is 11.3 Å². The molecule has 5 rings (SSSR count). The molecule has 1 N–H and O–H groups in total. The molecule has 6 nitrogen and oxygen atoms in total. The summed E-state index contributed by atoms with van der Waals surface area (Å²) >= 11 is 0. The van der Waals surface area contributed by atoms with Crippen molar-refractivity contribution in [3.05, 3.63) is 140 Å². The molecule has 0 heterocycles. The van der Waals surface area contributed by atoms with Crippen molar-refractivity contribution in [1.82, 2.24) is 0 Å². The van der Waals surface area contributed by atoms with E-state index in [1.54, 1.807) is 48.5 Å². The minimum absolute atomic E-state index is 0.0899. The van der Waals surface area contributed by atoms with Gasteiger partial charge in [-0.3, -0.25) is 9.10 Å². The number of amides is 1. The highest BCUT2D eigenvalue weighted by Crippen LogP contribution is 2.30. The summed E-state index contributed by atoms with van der Waals surface area (Å²) in [5, 5.41) is 2.91. The number of rotatable bonds is 9. The van der Waals surface area contributed by atoms with Crippen LogP contribution >= 0.6 is 0 Å². The van der Waals surface area contributed by atoms with Crippen LogP contribution in [0.15, 0.2) is 144 Å². The zero-order valence-corrected chi connectivity index (χ0v) is 21.8. The summed E-state index contributed by atoms with van der Waals surface area (Å²) in [6.07, 6.45) is 0. The molecule has 0 spiro atoms. The molecule has 0 radical (unpaired) electrons. The maximum absolute atomic E-state index is 13.7. The van der Waals surface area contributed by atoms with Crippen LogP contribution in [0.1, 0.15) is 0 Å². The number of para-hydroxylation sites is 2. The molecule has 0 fully saturated rings. The van der Waals surface area contributed by atoms with Crippen LogP contribution in [-0.4, -0.2) is 20.9 Å². The normalized spacial score (nSPS) is 11.0. The van der Waals surface area contributed by atoms with E-state index in [0.29, 0.717) is 22.9 Å². The monoisotopic (exact) mass is 534 g/mol. The summed E-state index contributed by atoms with van der Waals surface area (Å²) < 4.78 is 34.4. The molecule has 5 aromatic carbocycles. The van der Waals surface area contributed by atoms with Gasteiger partial charge in [0.25, 0.3) is 10.0 Å². The third-order valence-corrected chi connectivity index (χ3v) is 7.80. The first-order valence-electron chi connectivity index (χ1n) is 12.4. The SMILES string of the molecule is O=C(CN(c1ccc(Oc2ccccc2)cc1)S(=O)(=O)c1ccccc1)Nc1ccccc1-c1ccccc1. The highest BCUT2D eigenvalue weighted by Gasteiger charge is 2.27. The van der Waals surface area contributed by atoms with Gasteiger partial charge in [0.2, 0.25) is 5.91 Å². The molecule has 0 saturated carbocycles. The summed E-state index contributed by atoms with van der Waals surface area (Å²) in [4.78, 5) is 13.4. The molecule has 0 saturated heterocycles. The summed E-state index contributed by atoms with van der Waals surface area (Å²) in [5.41, 5.74) is 2.71. The average molecular weight is 535 g/mol. The van der Waals surface area contributed by atoms with E-state index in [1.165, 1.54) is 12.1 Å². The van der Waals surface area contributed by atoms with Crippen LogP contribution in [-0.2, 0) is 14.8 Å². The van der Waals surface area contributed by atoms with Crippen molar-refractivity contribution in [1.29, 1.82) is 0 Å². The van der Waals surface area contributed by atoms with E-state index in [-0.39, 0.29) is 4.90 Å². The maximum Gasteiger partial charge on any atom is 0.264 e. The van der Waals surface area contributed by atoms with Crippen LogP contribution in [0.2, 0.25) is 0 Å². The van der Waals surface area contributed by atoms with Crippen molar-refractivity contribution in [2.45, 2.75) is 4.90 Å². The topological polar surface area (TPSA) is 75.7 Å². The van der Waals surface area contributed by atoms with E-state index in [2.05, 4.69) is 5.32 Å². The predicted octanol–water partition coefficient (Wildman–Crippen LogP) is 6.98. The van der Waals surface area contributed by atoms with E-state index in [0.717, 1.165) is 15.4 Å². The van der Waals surface area contributed by atoms with Gasteiger partial charge < -0.3 is 10.1 Å². The second-order valence-electron chi connectivity index (χ2n) is 8.69. The van der Waals surface area contributed by atoms with Crippen LogP contribution in [0.25, 0.3) is 11.1 Å². The highest BCUT2D eigenvalue weighted by molar-refractivity contribution is 7.92. The van der Waals surface area contributed by atoms with Crippen LogP contribution in [0.4, 0.5) is 11.4 Å². The van der Waals surface area contributed by atoms with E-state index in [4.69, 9.17) is 4.74 Å². The van der Waals surface area contributed by atoms with Crippen molar-refractivity contribution in [2.24, 2.45) is 0 Å². The number of nitrogens with zero attached hydrogens (tertiary/aromatic N) is 1. The first kappa shape index (κ1) is 25.8.